The van der Waals surface area contributed by atoms with Crippen LogP contribution in [0.5, 0.6) is 0 Å². The summed E-state index contributed by atoms with van der Waals surface area (Å²) < 4.78 is 4.86. The molecule has 1 aromatic carbocycles. The van der Waals surface area contributed by atoms with Gasteiger partial charge in [0, 0.05) is 12.1 Å². The minimum atomic E-state index is -1.39. The number of hydrogen-bond donors (Lipinski definition) is 4. The Balaban J connectivity index is 0.00000625. The first kappa shape index (κ1) is 23.2. The Morgan fingerprint density at radius 3 is 2.42 bits per heavy atom. The van der Waals surface area contributed by atoms with Crippen LogP contribution in [0.1, 0.15) is 30.1 Å². The van der Waals surface area contributed by atoms with Gasteiger partial charge in [-0.15, -0.1) is 12.4 Å². The number of imide groups is 1. The number of rotatable bonds is 8. The molecule has 9 nitrogen and oxygen atoms in total. The first-order chi connectivity index (χ1) is 11.9. The van der Waals surface area contributed by atoms with E-state index in [2.05, 4.69) is 5.32 Å². The van der Waals surface area contributed by atoms with E-state index in [9.17, 15) is 19.5 Å². The van der Waals surface area contributed by atoms with Gasteiger partial charge < -0.3 is 20.9 Å². The molecular weight excluding hydrogens is 364 g/mol. The number of guanidine groups is 1. The molecule has 26 heavy (non-hydrogen) atoms. The number of hydrogen-bond acceptors (Lipinski definition) is 5. The Kier molecular flexibility index (Phi) is 10.4. The second-order valence-electron chi connectivity index (χ2n) is 5.08. The van der Waals surface area contributed by atoms with Crippen molar-refractivity contribution in [2.24, 2.45) is 5.73 Å². The molecule has 0 unspecified atom stereocenters. The molecule has 0 aliphatic rings. The highest BCUT2D eigenvalue weighted by Crippen LogP contribution is 2.15. The van der Waals surface area contributed by atoms with E-state index in [1.54, 1.807) is 25.1 Å². The maximum absolute atomic E-state index is 12.6. The summed E-state index contributed by atoms with van der Waals surface area (Å²) in [6.45, 7) is 1.82. The smallest absolute Gasteiger partial charge is 0.417 e. The molecule has 2 amide bonds. The molecule has 5 N–H and O–H groups in total. The molecule has 0 saturated heterocycles. The van der Waals surface area contributed by atoms with Crippen LogP contribution in [-0.2, 0) is 9.53 Å². The van der Waals surface area contributed by atoms with Gasteiger partial charge in [0.2, 0.25) is 0 Å². The van der Waals surface area contributed by atoms with Crippen LogP contribution in [0.4, 0.5) is 4.79 Å². The molecule has 1 rings (SSSR count). The number of carboxylic acid groups (broad SMARTS) is 1. The maximum atomic E-state index is 12.6. The van der Waals surface area contributed by atoms with Crippen LogP contribution in [0, 0.1) is 5.41 Å². The summed E-state index contributed by atoms with van der Waals surface area (Å²) in [5.74, 6) is -2.30. The lowest BCUT2D eigenvalue weighted by molar-refractivity contribution is -0.142. The lowest BCUT2D eigenvalue weighted by Gasteiger charge is -2.26. The number of nitrogens with zero attached hydrogens (tertiary/aromatic N) is 1. The highest BCUT2D eigenvalue weighted by molar-refractivity contribution is 6.05. The number of halogens is 1. The zero-order chi connectivity index (χ0) is 18.8. The molecule has 0 heterocycles. The zero-order valence-corrected chi connectivity index (χ0v) is 15.1. The van der Waals surface area contributed by atoms with Gasteiger partial charge in [-0.3, -0.25) is 10.2 Å². The van der Waals surface area contributed by atoms with Crippen molar-refractivity contribution in [1.82, 2.24) is 10.2 Å². The van der Waals surface area contributed by atoms with Crippen LogP contribution in [0.25, 0.3) is 0 Å². The largest absolute Gasteiger partial charge is 0.480 e. The molecule has 0 fully saturated rings. The van der Waals surface area contributed by atoms with E-state index < -0.39 is 24.0 Å². The van der Waals surface area contributed by atoms with Gasteiger partial charge in [-0.25, -0.2) is 14.5 Å². The number of aliphatic carboxylic acids is 1. The molecule has 0 aliphatic heterocycles. The standard InChI is InChI=1S/C16H22N4O5.ClH/c1-2-25-16(24)20(13(21)11-7-4-3-5-8-11)12(14(22)23)9-6-10-19-15(17)18;/h3-5,7-8,12H,2,6,9-10H2,1H3,(H,22,23)(H4,17,18,19);1H/t12-;/m0./s1. The number of nitrogens with one attached hydrogen (secondary N) is 2. The van der Waals surface area contributed by atoms with Gasteiger partial charge in [-0.2, -0.15) is 0 Å². The Morgan fingerprint density at radius 1 is 1.31 bits per heavy atom. The van der Waals surface area contributed by atoms with Crippen LogP contribution in [0.15, 0.2) is 30.3 Å². The molecule has 1 atom stereocenters. The lowest BCUT2D eigenvalue weighted by Crippen LogP contribution is -2.49. The number of carboxylic acids is 1. The van der Waals surface area contributed by atoms with Crippen molar-refractivity contribution < 1.29 is 24.2 Å². The predicted molar refractivity (Wildman–Crippen MR) is 97.5 cm³/mol. The topological polar surface area (TPSA) is 146 Å². The fourth-order valence-electron chi connectivity index (χ4n) is 2.15. The molecule has 0 aliphatic carbocycles. The van der Waals surface area contributed by atoms with E-state index >= 15 is 0 Å². The van der Waals surface area contributed by atoms with Crippen molar-refractivity contribution in [2.75, 3.05) is 13.2 Å². The Bertz CT molecular complexity index is 626. The molecular formula is C16H23ClN4O5. The highest BCUT2D eigenvalue weighted by atomic mass is 35.5. The van der Waals surface area contributed by atoms with Crippen LogP contribution < -0.4 is 11.1 Å². The summed E-state index contributed by atoms with van der Waals surface area (Å²) in [7, 11) is 0. The van der Waals surface area contributed by atoms with Crippen LogP contribution in [-0.4, -0.2) is 53.1 Å². The molecule has 0 aromatic heterocycles. The molecule has 1 aromatic rings. The van der Waals surface area contributed by atoms with E-state index in [0.29, 0.717) is 4.90 Å². The summed E-state index contributed by atoms with van der Waals surface area (Å²) in [4.78, 5) is 37.1. The van der Waals surface area contributed by atoms with Crippen LogP contribution >= 0.6 is 12.4 Å². The van der Waals surface area contributed by atoms with Crippen molar-refractivity contribution >= 4 is 36.3 Å². The second-order valence-corrected chi connectivity index (χ2v) is 5.08. The first-order valence-electron chi connectivity index (χ1n) is 7.74. The molecule has 0 spiro atoms. The van der Waals surface area contributed by atoms with Gasteiger partial charge in [0.1, 0.15) is 6.04 Å². The lowest BCUT2D eigenvalue weighted by atomic mass is 10.1. The molecule has 10 heteroatoms. The molecule has 0 radical (unpaired) electrons. The minimum Gasteiger partial charge on any atom is -0.480 e. The van der Waals surface area contributed by atoms with Crippen LogP contribution in [0.3, 0.4) is 0 Å². The Morgan fingerprint density at radius 2 is 1.92 bits per heavy atom. The van der Waals surface area contributed by atoms with Crippen LogP contribution in [0.2, 0.25) is 0 Å². The average Bonchev–Trinajstić information content (AvgIpc) is 2.57. The minimum absolute atomic E-state index is 0. The fourth-order valence-corrected chi connectivity index (χ4v) is 2.15. The molecule has 0 bridgehead atoms. The van der Waals surface area contributed by atoms with E-state index in [1.165, 1.54) is 12.1 Å². The SMILES string of the molecule is CCOC(=O)N(C(=O)c1ccccc1)[C@@H](CCCNC(=N)N)C(=O)O.Cl. The highest BCUT2D eigenvalue weighted by Gasteiger charge is 2.36. The van der Waals surface area contributed by atoms with Gasteiger partial charge in [-0.05, 0) is 31.9 Å². The number of benzene rings is 1. The summed E-state index contributed by atoms with van der Waals surface area (Å²) in [5.41, 5.74) is 5.34. The predicted octanol–water partition coefficient (Wildman–Crippen LogP) is 1.42. The van der Waals surface area contributed by atoms with Crippen molar-refractivity contribution in [3.8, 4) is 0 Å². The summed E-state index contributed by atoms with van der Waals surface area (Å²) in [6.07, 6.45) is -0.732. The molecule has 144 valence electrons. The fraction of sp³-hybridized carbons (Fsp3) is 0.375. The van der Waals surface area contributed by atoms with E-state index in [-0.39, 0.29) is 49.9 Å². The van der Waals surface area contributed by atoms with E-state index in [4.69, 9.17) is 15.9 Å². The van der Waals surface area contributed by atoms with Crippen molar-refractivity contribution in [1.29, 1.82) is 5.41 Å². The van der Waals surface area contributed by atoms with Gasteiger partial charge in [0.25, 0.3) is 5.91 Å². The third kappa shape index (κ3) is 6.98. The first-order valence-corrected chi connectivity index (χ1v) is 7.74. The van der Waals surface area contributed by atoms with E-state index in [0.717, 1.165) is 0 Å². The van der Waals surface area contributed by atoms with Crippen molar-refractivity contribution in [2.45, 2.75) is 25.8 Å². The monoisotopic (exact) mass is 386 g/mol. The normalized spacial score (nSPS) is 10.8. The van der Waals surface area contributed by atoms with Crippen molar-refractivity contribution in [3.05, 3.63) is 35.9 Å². The van der Waals surface area contributed by atoms with Gasteiger partial charge >= 0.3 is 12.1 Å². The second kappa shape index (κ2) is 11.7. The third-order valence-electron chi connectivity index (χ3n) is 3.27. The summed E-state index contributed by atoms with van der Waals surface area (Å²) in [6, 6.07) is 6.52. The quantitative estimate of drug-likeness (QED) is 0.300. The van der Waals surface area contributed by atoms with E-state index in [1.807, 2.05) is 0 Å². The van der Waals surface area contributed by atoms with Gasteiger partial charge in [-0.1, -0.05) is 18.2 Å². The Labute approximate surface area is 157 Å². The summed E-state index contributed by atoms with van der Waals surface area (Å²) in [5, 5.41) is 19.1. The molecule has 0 saturated carbocycles. The maximum Gasteiger partial charge on any atom is 0.417 e. The number of carbonyl (C=O) groups excluding carboxylic acids is 2. The Hall–Kier alpha value is -2.81. The number of ether oxygens (including phenoxy) is 1. The third-order valence-corrected chi connectivity index (χ3v) is 3.27. The van der Waals surface area contributed by atoms with Crippen molar-refractivity contribution in [3.63, 3.8) is 0 Å². The van der Waals surface area contributed by atoms with Gasteiger partial charge in [0.05, 0.1) is 6.61 Å². The summed E-state index contributed by atoms with van der Waals surface area (Å²) >= 11 is 0. The number of amides is 2. The average molecular weight is 387 g/mol. The number of nitrogens with two attached hydrogens (primary N) is 1. The number of carbonyl (C=O) groups is 3. The van der Waals surface area contributed by atoms with Gasteiger partial charge in [0.15, 0.2) is 5.96 Å². The zero-order valence-electron chi connectivity index (χ0n) is 14.3.